The quantitative estimate of drug-likeness (QED) is 0.480. The Labute approximate surface area is 159 Å². The zero-order valence-corrected chi connectivity index (χ0v) is 15.9. The van der Waals surface area contributed by atoms with Crippen molar-refractivity contribution in [3.63, 3.8) is 0 Å². The van der Waals surface area contributed by atoms with Gasteiger partial charge in [-0.3, -0.25) is 5.06 Å². The molecule has 2 unspecified atom stereocenters. The van der Waals surface area contributed by atoms with Crippen molar-refractivity contribution in [1.82, 2.24) is 10.3 Å². The van der Waals surface area contributed by atoms with E-state index in [-0.39, 0.29) is 16.2 Å². The van der Waals surface area contributed by atoms with Crippen LogP contribution in [0.4, 0.5) is 11.4 Å². The first kappa shape index (κ1) is 18.8. The Morgan fingerprint density at radius 1 is 1.19 bits per heavy atom. The molecule has 148 valence electrons. The van der Waals surface area contributed by atoms with Crippen LogP contribution >= 0.6 is 0 Å². The van der Waals surface area contributed by atoms with E-state index < -0.39 is 0 Å². The average molecular weight is 375 g/mol. The third-order valence-electron chi connectivity index (χ3n) is 5.94. The molecule has 1 fully saturated rings. The number of ether oxygens (including phenoxy) is 1. The molecule has 0 radical (unpaired) electrons. The number of hydrogen-bond donors (Lipinski definition) is 3. The molecule has 0 aromatic heterocycles. The zero-order valence-electron chi connectivity index (χ0n) is 15.9. The maximum Gasteiger partial charge on any atom is 0.347 e. The van der Waals surface area contributed by atoms with Crippen LogP contribution < -0.4 is 15.7 Å². The Balaban J connectivity index is 1.34. The second-order valence-electron chi connectivity index (χ2n) is 7.66. The van der Waals surface area contributed by atoms with E-state index in [9.17, 15) is 10.4 Å². The van der Waals surface area contributed by atoms with Crippen LogP contribution in [0.15, 0.2) is 17.1 Å². The van der Waals surface area contributed by atoms with Crippen LogP contribution in [0.3, 0.4) is 0 Å². The second-order valence-corrected chi connectivity index (χ2v) is 7.66. The molecule has 2 atom stereocenters. The molecular formula is C19H29N5O3. The number of aryl methyl sites for hydroxylation is 2. The molecule has 27 heavy (non-hydrogen) atoms. The number of methoxy groups -OCH3 is 1. The van der Waals surface area contributed by atoms with Crippen molar-refractivity contribution in [2.24, 2.45) is 4.99 Å². The fourth-order valence-electron chi connectivity index (χ4n) is 4.32. The van der Waals surface area contributed by atoms with Gasteiger partial charge in [0.25, 0.3) is 0 Å². The number of nitrogens with zero attached hydrogens (tertiary/aromatic N) is 2. The number of hydroxylamine groups is 1. The van der Waals surface area contributed by atoms with Gasteiger partial charge in [-0.05, 0) is 56.2 Å². The number of piperidine rings is 1. The SMILES string of the molecule is COC1CCN(CCCN=C2N[NH+]([O-])c3cc4c(cc3[NH+]2[O-])CCC4)CC1. The number of quaternary nitrogens is 2. The van der Waals surface area contributed by atoms with Gasteiger partial charge in [0.2, 0.25) is 11.4 Å². The van der Waals surface area contributed by atoms with Crippen LogP contribution in [0.1, 0.15) is 36.8 Å². The van der Waals surface area contributed by atoms with Crippen LogP contribution in [0.25, 0.3) is 0 Å². The van der Waals surface area contributed by atoms with E-state index in [2.05, 4.69) is 15.3 Å². The van der Waals surface area contributed by atoms with Crippen molar-refractivity contribution in [2.75, 3.05) is 33.3 Å². The van der Waals surface area contributed by atoms with Crippen LogP contribution in [0.2, 0.25) is 0 Å². The lowest BCUT2D eigenvalue weighted by Gasteiger charge is -2.35. The monoisotopic (exact) mass is 375 g/mol. The summed E-state index contributed by atoms with van der Waals surface area (Å²) in [5.41, 5.74) is 6.12. The van der Waals surface area contributed by atoms with Crippen molar-refractivity contribution in [2.45, 2.75) is 44.6 Å². The van der Waals surface area contributed by atoms with Crippen molar-refractivity contribution in [3.05, 3.63) is 33.7 Å². The molecule has 1 aromatic rings. The Kier molecular flexibility index (Phi) is 5.72. The van der Waals surface area contributed by atoms with Gasteiger partial charge in [0, 0.05) is 38.9 Å². The molecule has 0 amide bonds. The van der Waals surface area contributed by atoms with E-state index >= 15 is 0 Å². The number of hydrogen-bond acceptors (Lipinski definition) is 5. The van der Waals surface area contributed by atoms with Crippen molar-refractivity contribution >= 4 is 17.3 Å². The standard InChI is InChI=1S/C19H29N5O3/c1-27-16-6-10-22(11-7-16)9-3-8-20-19-21-24(26)18-13-15-5-2-4-14(15)12-17(18)23(19)25/h12-13,16,23-24H,2-11H2,1H3,(H,20,21). The summed E-state index contributed by atoms with van der Waals surface area (Å²) in [7, 11) is 1.78. The lowest BCUT2D eigenvalue weighted by atomic mass is 10.1. The van der Waals surface area contributed by atoms with Crippen LogP contribution in [-0.4, -0.2) is 50.3 Å². The summed E-state index contributed by atoms with van der Waals surface area (Å²) in [6.07, 6.45) is 6.48. The van der Waals surface area contributed by atoms with Gasteiger partial charge in [-0.25, -0.2) is 10.2 Å². The minimum absolute atomic E-state index is 0.153. The first-order valence-corrected chi connectivity index (χ1v) is 9.97. The first-order chi connectivity index (χ1) is 13.2. The number of guanidine groups is 1. The van der Waals surface area contributed by atoms with E-state index in [0.717, 1.165) is 58.2 Å². The summed E-state index contributed by atoms with van der Waals surface area (Å²) in [5, 5.41) is 24.8. The summed E-state index contributed by atoms with van der Waals surface area (Å²) in [4.78, 5) is 6.82. The molecule has 2 aliphatic heterocycles. The van der Waals surface area contributed by atoms with Gasteiger partial charge in [0.15, 0.2) is 0 Å². The molecule has 8 nitrogen and oxygen atoms in total. The van der Waals surface area contributed by atoms with Gasteiger partial charge in [-0.15, -0.1) is 0 Å². The van der Waals surface area contributed by atoms with Crippen molar-refractivity contribution < 1.29 is 15.0 Å². The number of rotatable bonds is 5. The Bertz CT molecular complexity index is 703. The minimum Gasteiger partial charge on any atom is -0.621 e. The second kappa shape index (κ2) is 8.22. The largest absolute Gasteiger partial charge is 0.621 e. The van der Waals surface area contributed by atoms with E-state index in [1.54, 1.807) is 7.11 Å². The highest BCUT2D eigenvalue weighted by Crippen LogP contribution is 2.28. The number of aliphatic imine (C=N–C) groups is 1. The summed E-state index contributed by atoms with van der Waals surface area (Å²) in [6, 6.07) is 3.81. The van der Waals surface area contributed by atoms with Crippen molar-refractivity contribution in [3.8, 4) is 0 Å². The van der Waals surface area contributed by atoms with Gasteiger partial charge < -0.3 is 20.1 Å². The molecule has 2 heterocycles. The lowest BCUT2D eigenvalue weighted by molar-refractivity contribution is -0.851. The smallest absolute Gasteiger partial charge is 0.347 e. The fourth-order valence-corrected chi connectivity index (χ4v) is 4.32. The summed E-state index contributed by atoms with van der Waals surface area (Å²) < 4.78 is 5.40. The lowest BCUT2D eigenvalue weighted by Crippen LogP contribution is -3.24. The molecule has 0 saturated carbocycles. The van der Waals surface area contributed by atoms with E-state index in [0.29, 0.717) is 24.0 Å². The highest BCUT2D eigenvalue weighted by molar-refractivity contribution is 5.76. The third-order valence-corrected chi connectivity index (χ3v) is 5.94. The Morgan fingerprint density at radius 3 is 2.59 bits per heavy atom. The summed E-state index contributed by atoms with van der Waals surface area (Å²) >= 11 is 0. The molecule has 1 saturated heterocycles. The van der Waals surface area contributed by atoms with Crippen LogP contribution in [0, 0.1) is 10.4 Å². The third kappa shape index (κ3) is 4.01. The summed E-state index contributed by atoms with van der Waals surface area (Å²) in [6.45, 7) is 3.59. The van der Waals surface area contributed by atoms with E-state index in [1.165, 1.54) is 11.1 Å². The highest BCUT2D eigenvalue weighted by atomic mass is 16.6. The topological polar surface area (TPSA) is 91.9 Å². The molecule has 0 bridgehead atoms. The van der Waals surface area contributed by atoms with E-state index in [1.807, 2.05) is 12.1 Å². The highest BCUT2D eigenvalue weighted by Gasteiger charge is 2.31. The van der Waals surface area contributed by atoms with Crippen LogP contribution in [-0.2, 0) is 17.6 Å². The molecule has 0 spiro atoms. The van der Waals surface area contributed by atoms with Crippen LogP contribution in [0.5, 0.6) is 0 Å². The minimum atomic E-state index is -0.209. The maximum atomic E-state index is 12.8. The predicted molar refractivity (Wildman–Crippen MR) is 103 cm³/mol. The number of fused-ring (bicyclic) bond motifs is 2. The Morgan fingerprint density at radius 2 is 1.89 bits per heavy atom. The maximum absolute atomic E-state index is 12.8. The number of likely N-dealkylation sites (tertiary alicyclic amines) is 1. The molecule has 8 heteroatoms. The predicted octanol–water partition coefficient (Wildman–Crippen LogP) is -0.421. The van der Waals surface area contributed by atoms with Gasteiger partial charge in [-0.1, -0.05) is 0 Å². The first-order valence-electron chi connectivity index (χ1n) is 9.97. The number of nitrogens with one attached hydrogen (secondary N) is 3. The van der Waals surface area contributed by atoms with Crippen molar-refractivity contribution in [1.29, 1.82) is 0 Å². The molecule has 4 rings (SSSR count). The molecule has 3 N–H and O–H groups in total. The fraction of sp³-hybridized carbons (Fsp3) is 0.632. The normalized spacial score (nSPS) is 27.4. The molecular weight excluding hydrogens is 346 g/mol. The van der Waals surface area contributed by atoms with Gasteiger partial charge in [0.1, 0.15) is 0 Å². The van der Waals surface area contributed by atoms with Gasteiger partial charge in [-0.2, -0.15) is 5.43 Å². The van der Waals surface area contributed by atoms with Gasteiger partial charge >= 0.3 is 5.96 Å². The van der Waals surface area contributed by atoms with Gasteiger partial charge in [0.05, 0.1) is 6.10 Å². The molecule has 1 aromatic carbocycles. The van der Waals surface area contributed by atoms with E-state index in [4.69, 9.17) is 4.74 Å². The molecule has 1 aliphatic carbocycles. The zero-order chi connectivity index (χ0) is 18.8. The summed E-state index contributed by atoms with van der Waals surface area (Å²) in [5.74, 6) is 0.198. The number of benzene rings is 1. The average Bonchev–Trinajstić information content (AvgIpc) is 3.15. The molecule has 3 aliphatic rings. The Hall–Kier alpha value is -1.55.